The van der Waals surface area contributed by atoms with Crippen LogP contribution in [0.3, 0.4) is 0 Å². The first-order chi connectivity index (χ1) is 11.7. The third-order valence-corrected chi connectivity index (χ3v) is 4.66. The van der Waals surface area contributed by atoms with Crippen molar-refractivity contribution in [2.75, 3.05) is 26.2 Å². The van der Waals surface area contributed by atoms with Crippen LogP contribution in [0.1, 0.15) is 32.1 Å². The number of hydrogen-bond acceptors (Lipinski definition) is 4. The van der Waals surface area contributed by atoms with E-state index in [0.717, 1.165) is 25.1 Å². The number of ether oxygens (including phenoxy) is 2. The second-order valence-corrected chi connectivity index (χ2v) is 6.43. The van der Waals surface area contributed by atoms with E-state index in [9.17, 15) is 9.59 Å². The van der Waals surface area contributed by atoms with E-state index in [2.05, 4.69) is 5.32 Å². The monoisotopic (exact) mass is 332 g/mol. The minimum Gasteiger partial charge on any atom is -0.494 e. The molecular weight excluding hydrogens is 308 g/mol. The van der Waals surface area contributed by atoms with E-state index >= 15 is 0 Å². The number of hydrogen-bond donors (Lipinski definition) is 1. The number of carbonyl (C=O) groups excluding carboxylic acids is 2. The fourth-order valence-electron chi connectivity index (χ4n) is 3.29. The zero-order chi connectivity index (χ0) is 16.8. The van der Waals surface area contributed by atoms with E-state index in [1.165, 1.54) is 0 Å². The molecule has 1 unspecified atom stereocenters. The maximum Gasteiger partial charge on any atom is 0.407 e. The van der Waals surface area contributed by atoms with Gasteiger partial charge in [-0.1, -0.05) is 18.2 Å². The largest absolute Gasteiger partial charge is 0.494 e. The van der Waals surface area contributed by atoms with Crippen molar-refractivity contribution in [2.24, 2.45) is 0 Å². The first-order valence-electron chi connectivity index (χ1n) is 8.59. The van der Waals surface area contributed by atoms with Crippen molar-refractivity contribution in [3.05, 3.63) is 30.3 Å². The van der Waals surface area contributed by atoms with Crippen molar-refractivity contribution in [2.45, 2.75) is 37.7 Å². The Labute approximate surface area is 142 Å². The van der Waals surface area contributed by atoms with E-state index in [1.807, 2.05) is 35.2 Å². The summed E-state index contributed by atoms with van der Waals surface area (Å²) in [6.07, 6.45) is 3.23. The molecule has 6 nitrogen and oxygen atoms in total. The van der Waals surface area contributed by atoms with Gasteiger partial charge in [-0.2, -0.15) is 0 Å². The van der Waals surface area contributed by atoms with E-state index in [0.29, 0.717) is 39.0 Å². The first kappa shape index (κ1) is 16.6. The average Bonchev–Trinajstić information content (AvgIpc) is 2.83. The van der Waals surface area contributed by atoms with Crippen LogP contribution >= 0.6 is 0 Å². The molecule has 24 heavy (non-hydrogen) atoms. The molecular formula is C18H24N2O4. The molecule has 1 N–H and O–H groups in total. The van der Waals surface area contributed by atoms with Crippen molar-refractivity contribution in [3.8, 4) is 5.75 Å². The second-order valence-electron chi connectivity index (χ2n) is 6.43. The summed E-state index contributed by atoms with van der Waals surface area (Å²) in [7, 11) is 0. The Morgan fingerprint density at radius 1 is 1.25 bits per heavy atom. The molecule has 6 heteroatoms. The first-order valence-corrected chi connectivity index (χ1v) is 8.59. The van der Waals surface area contributed by atoms with Gasteiger partial charge in [0.1, 0.15) is 11.4 Å². The summed E-state index contributed by atoms with van der Waals surface area (Å²) in [6, 6.07) is 9.62. The number of nitrogens with zero attached hydrogens (tertiary/aromatic N) is 1. The molecule has 1 atom stereocenters. The Kier molecular flexibility index (Phi) is 5.23. The van der Waals surface area contributed by atoms with E-state index in [-0.39, 0.29) is 12.0 Å². The number of alkyl carbamates (subject to hydrolysis) is 1. The smallest absolute Gasteiger partial charge is 0.407 e. The Balaban J connectivity index is 1.40. The van der Waals surface area contributed by atoms with Crippen LogP contribution in [0.15, 0.2) is 30.3 Å². The molecule has 2 fully saturated rings. The number of amides is 2. The standard InChI is InChI=1S/C18H24N2O4/c21-16(8-4-13-23-15-6-2-1-3-7-15)20-11-5-9-18(10-12-20)14-19-17(22)24-18/h1-3,6-7H,4-5,8-14H2,(H,19,22). The number of para-hydroxylation sites is 1. The maximum atomic E-state index is 12.4. The summed E-state index contributed by atoms with van der Waals surface area (Å²) in [6.45, 7) is 2.47. The van der Waals surface area contributed by atoms with E-state index in [4.69, 9.17) is 9.47 Å². The zero-order valence-electron chi connectivity index (χ0n) is 13.8. The van der Waals surface area contributed by atoms with Gasteiger partial charge in [-0.25, -0.2) is 4.79 Å². The predicted octanol–water partition coefficient (Wildman–Crippen LogP) is 2.34. The Hall–Kier alpha value is -2.24. The van der Waals surface area contributed by atoms with Crippen molar-refractivity contribution in [3.63, 3.8) is 0 Å². The van der Waals surface area contributed by atoms with Crippen LogP contribution in [-0.4, -0.2) is 48.7 Å². The molecule has 0 bridgehead atoms. The highest BCUT2D eigenvalue weighted by atomic mass is 16.6. The minimum absolute atomic E-state index is 0.154. The molecule has 2 saturated heterocycles. The van der Waals surface area contributed by atoms with Gasteiger partial charge in [0, 0.05) is 25.9 Å². The third-order valence-electron chi connectivity index (χ3n) is 4.66. The van der Waals surface area contributed by atoms with E-state index < -0.39 is 5.60 Å². The molecule has 0 saturated carbocycles. The highest BCUT2D eigenvalue weighted by Gasteiger charge is 2.41. The van der Waals surface area contributed by atoms with E-state index in [1.54, 1.807) is 0 Å². The van der Waals surface area contributed by atoms with Crippen molar-refractivity contribution in [1.29, 1.82) is 0 Å². The van der Waals surface area contributed by atoms with Crippen LogP contribution in [0.4, 0.5) is 4.79 Å². The summed E-state index contributed by atoms with van der Waals surface area (Å²) in [5.41, 5.74) is -0.414. The lowest BCUT2D eigenvalue weighted by molar-refractivity contribution is -0.131. The highest BCUT2D eigenvalue weighted by molar-refractivity contribution is 5.76. The van der Waals surface area contributed by atoms with Crippen molar-refractivity contribution in [1.82, 2.24) is 10.2 Å². The normalized spacial score (nSPS) is 23.5. The predicted molar refractivity (Wildman–Crippen MR) is 88.8 cm³/mol. The highest BCUT2D eigenvalue weighted by Crippen LogP contribution is 2.29. The maximum absolute atomic E-state index is 12.4. The van der Waals surface area contributed by atoms with Gasteiger partial charge in [0.2, 0.25) is 5.91 Å². The summed E-state index contributed by atoms with van der Waals surface area (Å²) in [4.78, 5) is 25.6. The molecule has 2 heterocycles. The minimum atomic E-state index is -0.414. The number of benzene rings is 1. The van der Waals surface area contributed by atoms with Gasteiger partial charge < -0.3 is 19.7 Å². The van der Waals surface area contributed by atoms with Crippen LogP contribution < -0.4 is 10.1 Å². The molecule has 0 aliphatic carbocycles. The van der Waals surface area contributed by atoms with Gasteiger partial charge in [0.05, 0.1) is 13.2 Å². The number of likely N-dealkylation sites (tertiary alicyclic amines) is 1. The van der Waals surface area contributed by atoms with Gasteiger partial charge in [0.25, 0.3) is 0 Å². The molecule has 2 amide bonds. The van der Waals surface area contributed by atoms with Gasteiger partial charge in [-0.05, 0) is 31.4 Å². The Morgan fingerprint density at radius 3 is 2.83 bits per heavy atom. The molecule has 0 aromatic heterocycles. The number of carbonyl (C=O) groups is 2. The van der Waals surface area contributed by atoms with Crippen LogP contribution in [0.2, 0.25) is 0 Å². The summed E-state index contributed by atoms with van der Waals surface area (Å²) in [5.74, 6) is 0.984. The average molecular weight is 332 g/mol. The second kappa shape index (κ2) is 7.55. The van der Waals surface area contributed by atoms with Crippen LogP contribution in [0.25, 0.3) is 0 Å². The molecule has 1 spiro atoms. The molecule has 2 aliphatic heterocycles. The lowest BCUT2D eigenvalue weighted by Gasteiger charge is -2.25. The molecule has 0 radical (unpaired) electrons. The molecule has 3 rings (SSSR count). The summed E-state index contributed by atoms with van der Waals surface area (Å²) < 4.78 is 11.1. The fraction of sp³-hybridized carbons (Fsp3) is 0.556. The van der Waals surface area contributed by atoms with Crippen molar-refractivity contribution >= 4 is 12.0 Å². The lowest BCUT2D eigenvalue weighted by atomic mass is 9.95. The SMILES string of the molecule is O=C1NCC2(CCCN(C(=O)CCCOc3ccccc3)CC2)O1. The molecule has 130 valence electrons. The van der Waals surface area contributed by atoms with Crippen LogP contribution in [0, 0.1) is 0 Å². The molecule has 2 aliphatic rings. The van der Waals surface area contributed by atoms with Crippen molar-refractivity contribution < 1.29 is 19.1 Å². The third kappa shape index (κ3) is 4.19. The molecule has 1 aromatic rings. The number of rotatable bonds is 5. The summed E-state index contributed by atoms with van der Waals surface area (Å²) >= 11 is 0. The van der Waals surface area contributed by atoms with Crippen LogP contribution in [-0.2, 0) is 9.53 Å². The van der Waals surface area contributed by atoms with Gasteiger partial charge in [0.15, 0.2) is 0 Å². The Morgan fingerprint density at radius 2 is 2.08 bits per heavy atom. The summed E-state index contributed by atoms with van der Waals surface area (Å²) in [5, 5.41) is 2.73. The lowest BCUT2D eigenvalue weighted by Crippen LogP contribution is -2.36. The van der Waals surface area contributed by atoms with Crippen LogP contribution in [0.5, 0.6) is 5.75 Å². The topological polar surface area (TPSA) is 67.9 Å². The number of nitrogens with one attached hydrogen (secondary N) is 1. The Bertz CT molecular complexity index is 578. The van der Waals surface area contributed by atoms with Gasteiger partial charge in [-0.15, -0.1) is 0 Å². The quantitative estimate of drug-likeness (QED) is 0.841. The van der Waals surface area contributed by atoms with Gasteiger partial charge >= 0.3 is 6.09 Å². The van der Waals surface area contributed by atoms with Gasteiger partial charge in [-0.3, -0.25) is 4.79 Å². The fourth-order valence-corrected chi connectivity index (χ4v) is 3.29. The molecule has 1 aromatic carbocycles. The zero-order valence-corrected chi connectivity index (χ0v) is 13.8.